The van der Waals surface area contributed by atoms with Gasteiger partial charge in [-0.25, -0.2) is 0 Å². The molecular formula is C20H27N3O2. The highest BCUT2D eigenvalue weighted by Crippen LogP contribution is 2.39. The van der Waals surface area contributed by atoms with Gasteiger partial charge in [-0.3, -0.25) is 9.69 Å². The molecule has 0 bridgehead atoms. The van der Waals surface area contributed by atoms with Gasteiger partial charge in [0.05, 0.1) is 11.6 Å². The number of carbonyl (C=O) groups is 1. The molecule has 1 N–H and O–H groups in total. The van der Waals surface area contributed by atoms with E-state index in [1.54, 1.807) is 0 Å². The first-order chi connectivity index (χ1) is 12.1. The van der Waals surface area contributed by atoms with Gasteiger partial charge in [0, 0.05) is 44.6 Å². The summed E-state index contributed by atoms with van der Waals surface area (Å²) in [5, 5.41) is 18.1. The van der Waals surface area contributed by atoms with Crippen molar-refractivity contribution in [2.45, 2.75) is 38.6 Å². The van der Waals surface area contributed by atoms with Gasteiger partial charge in [-0.15, -0.1) is 0 Å². The van der Waals surface area contributed by atoms with Crippen molar-refractivity contribution in [2.75, 3.05) is 32.8 Å². The number of aliphatic hydroxyl groups excluding tert-OH is 1. The molecule has 2 aliphatic rings. The fraction of sp³-hybridized carbons (Fsp3) is 0.600. The lowest BCUT2D eigenvalue weighted by Crippen LogP contribution is -2.54. The van der Waals surface area contributed by atoms with Crippen LogP contribution in [0.4, 0.5) is 0 Å². The predicted molar refractivity (Wildman–Crippen MR) is 95.6 cm³/mol. The normalized spacial score (nSPS) is 24.5. The number of aliphatic hydroxyl groups is 1. The third-order valence-electron chi connectivity index (χ3n) is 5.54. The van der Waals surface area contributed by atoms with Gasteiger partial charge in [-0.2, -0.15) is 5.26 Å². The second kappa shape index (κ2) is 7.99. The Balaban J connectivity index is 1.65. The zero-order chi connectivity index (χ0) is 17.7. The molecule has 1 spiro atoms. The SMILES string of the molecule is N#Cc1cccc(CN2CCC[C@]3(CCC(=O)N(CCCO)C3)C2)c1. The third kappa shape index (κ3) is 4.39. The Hall–Kier alpha value is -1.90. The molecule has 2 heterocycles. The second-order valence-corrected chi connectivity index (χ2v) is 7.52. The Morgan fingerprint density at radius 3 is 2.96 bits per heavy atom. The number of piperidine rings is 2. The molecule has 0 aromatic heterocycles. The molecule has 25 heavy (non-hydrogen) atoms. The molecule has 3 rings (SSSR count). The molecule has 2 fully saturated rings. The molecule has 1 atom stereocenters. The fourth-order valence-electron chi connectivity index (χ4n) is 4.34. The van der Waals surface area contributed by atoms with Crippen LogP contribution in [0.25, 0.3) is 0 Å². The van der Waals surface area contributed by atoms with E-state index in [2.05, 4.69) is 17.0 Å². The monoisotopic (exact) mass is 341 g/mol. The van der Waals surface area contributed by atoms with Crippen LogP contribution in [0.5, 0.6) is 0 Å². The van der Waals surface area contributed by atoms with Crippen LogP contribution in [0, 0.1) is 16.7 Å². The molecule has 0 aliphatic carbocycles. The highest BCUT2D eigenvalue weighted by Gasteiger charge is 2.41. The van der Waals surface area contributed by atoms with Crippen molar-refractivity contribution < 1.29 is 9.90 Å². The van der Waals surface area contributed by atoms with Crippen molar-refractivity contribution in [2.24, 2.45) is 5.41 Å². The van der Waals surface area contributed by atoms with Crippen LogP contribution in [-0.2, 0) is 11.3 Å². The Kier molecular flexibility index (Phi) is 5.72. The topological polar surface area (TPSA) is 67.6 Å². The molecule has 0 saturated carbocycles. The predicted octanol–water partition coefficient (Wildman–Crippen LogP) is 2.15. The largest absolute Gasteiger partial charge is 0.396 e. The molecule has 2 saturated heterocycles. The van der Waals surface area contributed by atoms with Crippen molar-refractivity contribution >= 4 is 5.91 Å². The van der Waals surface area contributed by atoms with Gasteiger partial charge in [0.25, 0.3) is 0 Å². The van der Waals surface area contributed by atoms with Crippen molar-refractivity contribution in [1.82, 2.24) is 9.80 Å². The average molecular weight is 341 g/mol. The summed E-state index contributed by atoms with van der Waals surface area (Å²) in [6.07, 6.45) is 4.58. The maximum Gasteiger partial charge on any atom is 0.222 e. The Labute approximate surface area is 149 Å². The summed E-state index contributed by atoms with van der Waals surface area (Å²) in [7, 11) is 0. The number of hydrogen-bond acceptors (Lipinski definition) is 4. The maximum absolute atomic E-state index is 12.2. The van der Waals surface area contributed by atoms with Crippen molar-refractivity contribution in [3.63, 3.8) is 0 Å². The second-order valence-electron chi connectivity index (χ2n) is 7.52. The third-order valence-corrected chi connectivity index (χ3v) is 5.54. The van der Waals surface area contributed by atoms with Gasteiger partial charge in [0.1, 0.15) is 0 Å². The first-order valence-corrected chi connectivity index (χ1v) is 9.24. The summed E-state index contributed by atoms with van der Waals surface area (Å²) in [6, 6.07) is 10.1. The summed E-state index contributed by atoms with van der Waals surface area (Å²) in [6.45, 7) is 4.57. The Bertz CT molecular complexity index is 655. The fourth-order valence-corrected chi connectivity index (χ4v) is 4.34. The summed E-state index contributed by atoms with van der Waals surface area (Å²) in [5.41, 5.74) is 2.08. The first kappa shape index (κ1) is 17.9. The molecule has 1 amide bonds. The van der Waals surface area contributed by atoms with Crippen LogP contribution >= 0.6 is 0 Å². The van der Waals surface area contributed by atoms with Crippen LogP contribution in [0.2, 0.25) is 0 Å². The maximum atomic E-state index is 12.2. The van der Waals surface area contributed by atoms with Crippen LogP contribution in [0.3, 0.4) is 0 Å². The van der Waals surface area contributed by atoms with Gasteiger partial charge in [-0.05, 0) is 49.9 Å². The molecule has 1 aromatic carbocycles. The average Bonchev–Trinajstić information content (AvgIpc) is 2.63. The molecule has 5 nitrogen and oxygen atoms in total. The number of benzene rings is 1. The van der Waals surface area contributed by atoms with Gasteiger partial charge < -0.3 is 10.0 Å². The zero-order valence-corrected chi connectivity index (χ0v) is 14.8. The van der Waals surface area contributed by atoms with Crippen LogP contribution in [0.15, 0.2) is 24.3 Å². The number of likely N-dealkylation sites (tertiary alicyclic amines) is 2. The van der Waals surface area contributed by atoms with E-state index >= 15 is 0 Å². The van der Waals surface area contributed by atoms with E-state index in [-0.39, 0.29) is 17.9 Å². The van der Waals surface area contributed by atoms with Crippen LogP contribution in [-0.4, -0.2) is 53.6 Å². The van der Waals surface area contributed by atoms with E-state index in [1.807, 2.05) is 23.1 Å². The zero-order valence-electron chi connectivity index (χ0n) is 14.8. The molecule has 5 heteroatoms. The van der Waals surface area contributed by atoms with E-state index < -0.39 is 0 Å². The standard InChI is InChI=1S/C20H27N3O2/c21-13-17-4-1-5-18(12-17)14-22-9-2-7-20(15-22)8-6-19(25)23(16-20)10-3-11-24/h1,4-5,12,24H,2-3,6-11,14-16H2/t20-/m0/s1. The minimum Gasteiger partial charge on any atom is -0.396 e. The number of carbonyl (C=O) groups excluding carboxylic acids is 1. The van der Waals surface area contributed by atoms with Gasteiger partial charge in [-0.1, -0.05) is 12.1 Å². The minimum absolute atomic E-state index is 0.137. The van der Waals surface area contributed by atoms with Crippen LogP contribution in [0.1, 0.15) is 43.2 Å². The van der Waals surface area contributed by atoms with E-state index in [0.717, 1.165) is 39.0 Å². The summed E-state index contributed by atoms with van der Waals surface area (Å²) < 4.78 is 0. The van der Waals surface area contributed by atoms with E-state index in [9.17, 15) is 4.79 Å². The quantitative estimate of drug-likeness (QED) is 0.891. The van der Waals surface area contributed by atoms with Crippen molar-refractivity contribution in [3.8, 4) is 6.07 Å². The number of amides is 1. The molecule has 2 aliphatic heterocycles. The lowest BCUT2D eigenvalue weighted by Gasteiger charge is -2.48. The lowest BCUT2D eigenvalue weighted by atomic mass is 9.73. The Morgan fingerprint density at radius 1 is 1.28 bits per heavy atom. The smallest absolute Gasteiger partial charge is 0.222 e. The molecule has 1 aromatic rings. The number of hydrogen-bond donors (Lipinski definition) is 1. The van der Waals surface area contributed by atoms with Gasteiger partial charge in [0.2, 0.25) is 5.91 Å². The van der Waals surface area contributed by atoms with Gasteiger partial charge >= 0.3 is 0 Å². The summed E-state index contributed by atoms with van der Waals surface area (Å²) in [5.74, 6) is 0.234. The number of nitrogens with zero attached hydrogens (tertiary/aromatic N) is 3. The van der Waals surface area contributed by atoms with E-state index in [1.165, 1.54) is 12.0 Å². The van der Waals surface area contributed by atoms with Crippen molar-refractivity contribution in [1.29, 1.82) is 5.26 Å². The molecule has 0 radical (unpaired) electrons. The lowest BCUT2D eigenvalue weighted by molar-refractivity contribution is -0.139. The number of nitriles is 1. The first-order valence-electron chi connectivity index (χ1n) is 9.24. The minimum atomic E-state index is 0.137. The van der Waals surface area contributed by atoms with E-state index in [0.29, 0.717) is 24.9 Å². The highest BCUT2D eigenvalue weighted by molar-refractivity contribution is 5.77. The van der Waals surface area contributed by atoms with Crippen molar-refractivity contribution in [3.05, 3.63) is 35.4 Å². The van der Waals surface area contributed by atoms with Gasteiger partial charge in [0.15, 0.2) is 0 Å². The number of rotatable bonds is 5. The highest BCUT2D eigenvalue weighted by atomic mass is 16.3. The summed E-state index contributed by atoms with van der Waals surface area (Å²) in [4.78, 5) is 16.6. The Morgan fingerprint density at radius 2 is 2.16 bits per heavy atom. The summed E-state index contributed by atoms with van der Waals surface area (Å²) >= 11 is 0. The van der Waals surface area contributed by atoms with Crippen LogP contribution < -0.4 is 0 Å². The molecular weight excluding hydrogens is 314 g/mol. The molecule has 0 unspecified atom stereocenters. The molecule has 134 valence electrons. The van der Waals surface area contributed by atoms with E-state index in [4.69, 9.17) is 10.4 Å².